The summed E-state index contributed by atoms with van der Waals surface area (Å²) in [6.07, 6.45) is -8.06. The minimum atomic E-state index is -1.80. The van der Waals surface area contributed by atoms with Crippen LogP contribution >= 0.6 is 0 Å². The number of aromatic hydroxyl groups is 1. The quantitative estimate of drug-likeness (QED) is 0.364. The maximum atomic E-state index is 11.0. The van der Waals surface area contributed by atoms with Gasteiger partial charge in [-0.15, -0.1) is 0 Å². The van der Waals surface area contributed by atoms with Gasteiger partial charge in [0.15, 0.2) is 17.6 Å². The second-order valence-corrected chi connectivity index (χ2v) is 5.19. The Kier molecular flexibility index (Phi) is 5.39. The van der Waals surface area contributed by atoms with Crippen molar-refractivity contribution in [1.29, 1.82) is 0 Å². The van der Waals surface area contributed by atoms with E-state index in [0.717, 1.165) is 5.56 Å². The van der Waals surface area contributed by atoms with Crippen LogP contribution < -0.4 is 10.5 Å². The average molecular weight is 329 g/mol. The van der Waals surface area contributed by atoms with E-state index in [4.69, 9.17) is 20.3 Å². The van der Waals surface area contributed by atoms with Crippen molar-refractivity contribution in [2.45, 2.75) is 37.1 Å². The largest absolute Gasteiger partial charge is 0.504 e. The molecule has 1 fully saturated rings. The highest BCUT2D eigenvalue weighted by molar-refractivity contribution is 5.73. The molecule has 1 heterocycles. The summed E-state index contributed by atoms with van der Waals surface area (Å²) in [6.45, 7) is 0.397. The van der Waals surface area contributed by atoms with Crippen LogP contribution in [0.15, 0.2) is 18.2 Å². The van der Waals surface area contributed by atoms with Crippen molar-refractivity contribution in [3.8, 4) is 11.5 Å². The number of carboxylic acids is 1. The number of phenols is 1. The van der Waals surface area contributed by atoms with Crippen LogP contribution in [0, 0.1) is 0 Å². The lowest BCUT2D eigenvalue weighted by Crippen LogP contribution is -2.61. The molecule has 0 saturated carbocycles. The van der Waals surface area contributed by atoms with Crippen molar-refractivity contribution in [2.24, 2.45) is 5.73 Å². The molecule has 5 atom stereocenters. The second kappa shape index (κ2) is 7.11. The lowest BCUT2D eigenvalue weighted by Gasteiger charge is -2.38. The standard InChI is InChI=1S/C14H19NO8/c15-4-3-6-1-2-8(7(16)5-6)22-14-11(19)9(17)10(18)12(23-14)13(20)21/h1-2,5,9-12,14,16-19H,3-4,15H2,(H,20,21). The maximum absolute atomic E-state index is 11.0. The fourth-order valence-electron chi connectivity index (χ4n) is 2.26. The van der Waals surface area contributed by atoms with Crippen molar-refractivity contribution in [3.05, 3.63) is 23.8 Å². The zero-order valence-electron chi connectivity index (χ0n) is 12.1. The zero-order valence-corrected chi connectivity index (χ0v) is 12.1. The molecule has 5 unspecified atom stereocenters. The van der Waals surface area contributed by atoms with Gasteiger partial charge in [-0.05, 0) is 30.7 Å². The van der Waals surface area contributed by atoms with E-state index in [9.17, 15) is 25.2 Å². The Morgan fingerprint density at radius 1 is 1.22 bits per heavy atom. The number of aliphatic carboxylic acids is 1. The van der Waals surface area contributed by atoms with Crippen LogP contribution in [0.2, 0.25) is 0 Å². The summed E-state index contributed by atoms with van der Waals surface area (Å²) in [4.78, 5) is 11.0. The third-order valence-corrected chi connectivity index (χ3v) is 3.51. The van der Waals surface area contributed by atoms with Crippen molar-refractivity contribution in [1.82, 2.24) is 0 Å². The van der Waals surface area contributed by atoms with Gasteiger partial charge in [0.25, 0.3) is 0 Å². The van der Waals surface area contributed by atoms with E-state index in [1.807, 2.05) is 0 Å². The topological polar surface area (TPSA) is 163 Å². The Hall–Kier alpha value is -1.91. The molecule has 0 spiro atoms. The van der Waals surface area contributed by atoms with Crippen LogP contribution in [0.1, 0.15) is 5.56 Å². The molecule has 0 aliphatic carbocycles. The number of aliphatic hydroxyl groups is 3. The summed E-state index contributed by atoms with van der Waals surface area (Å²) >= 11 is 0. The second-order valence-electron chi connectivity index (χ2n) is 5.19. The van der Waals surface area contributed by atoms with Gasteiger partial charge in [-0.25, -0.2) is 4.79 Å². The summed E-state index contributed by atoms with van der Waals surface area (Å²) in [6, 6.07) is 4.46. The number of benzene rings is 1. The monoisotopic (exact) mass is 329 g/mol. The highest BCUT2D eigenvalue weighted by Gasteiger charge is 2.48. The van der Waals surface area contributed by atoms with Gasteiger partial charge >= 0.3 is 5.97 Å². The number of hydrogen-bond donors (Lipinski definition) is 6. The summed E-state index contributed by atoms with van der Waals surface area (Å²) in [7, 11) is 0. The number of aliphatic hydroxyl groups excluding tert-OH is 3. The molecule has 2 rings (SSSR count). The Bertz CT molecular complexity index is 566. The number of phenolic OH excluding ortho intramolecular Hbond substituents is 1. The number of ether oxygens (including phenoxy) is 2. The van der Waals surface area contributed by atoms with E-state index in [1.54, 1.807) is 6.07 Å². The first-order valence-electron chi connectivity index (χ1n) is 6.96. The first kappa shape index (κ1) is 17.4. The van der Waals surface area contributed by atoms with Crippen LogP contribution in [-0.2, 0) is 16.0 Å². The van der Waals surface area contributed by atoms with Crippen molar-refractivity contribution in [3.63, 3.8) is 0 Å². The van der Waals surface area contributed by atoms with Crippen LogP contribution in [0.3, 0.4) is 0 Å². The van der Waals surface area contributed by atoms with Crippen molar-refractivity contribution < 1.29 is 39.8 Å². The van der Waals surface area contributed by atoms with Crippen LogP contribution in [0.5, 0.6) is 11.5 Å². The molecule has 9 heteroatoms. The van der Waals surface area contributed by atoms with Crippen LogP contribution in [-0.4, -0.2) is 68.8 Å². The van der Waals surface area contributed by atoms with Gasteiger partial charge in [-0.2, -0.15) is 0 Å². The van der Waals surface area contributed by atoms with Gasteiger partial charge in [-0.1, -0.05) is 6.07 Å². The van der Waals surface area contributed by atoms with Gasteiger partial charge in [0.05, 0.1) is 0 Å². The van der Waals surface area contributed by atoms with Gasteiger partial charge in [0, 0.05) is 0 Å². The number of carboxylic acid groups (broad SMARTS) is 1. The van der Waals surface area contributed by atoms with Crippen LogP contribution in [0.4, 0.5) is 0 Å². The minimum Gasteiger partial charge on any atom is -0.504 e. The SMILES string of the molecule is NCCc1ccc(OC2OC(C(=O)O)C(O)C(O)C2O)c(O)c1. The van der Waals surface area contributed by atoms with Gasteiger partial charge in [-0.3, -0.25) is 0 Å². The molecular formula is C14H19NO8. The fourth-order valence-corrected chi connectivity index (χ4v) is 2.26. The number of carbonyl (C=O) groups is 1. The van der Waals surface area contributed by atoms with Gasteiger partial charge < -0.3 is 40.7 Å². The van der Waals surface area contributed by atoms with Gasteiger partial charge in [0.1, 0.15) is 18.3 Å². The Morgan fingerprint density at radius 2 is 1.91 bits per heavy atom. The molecule has 1 aliphatic heterocycles. The Balaban J connectivity index is 2.16. The Morgan fingerprint density at radius 3 is 2.48 bits per heavy atom. The molecule has 1 aromatic carbocycles. The van der Waals surface area contributed by atoms with E-state index < -0.39 is 36.7 Å². The first-order valence-corrected chi connectivity index (χ1v) is 6.96. The predicted molar refractivity (Wildman–Crippen MR) is 75.8 cm³/mol. The maximum Gasteiger partial charge on any atom is 0.335 e. The molecule has 23 heavy (non-hydrogen) atoms. The van der Waals surface area contributed by atoms with Crippen LogP contribution in [0.25, 0.3) is 0 Å². The molecule has 0 radical (unpaired) electrons. The minimum absolute atomic E-state index is 0.0671. The number of nitrogens with two attached hydrogens (primary N) is 1. The lowest BCUT2D eigenvalue weighted by atomic mass is 9.99. The molecular weight excluding hydrogens is 310 g/mol. The third-order valence-electron chi connectivity index (χ3n) is 3.51. The van der Waals surface area contributed by atoms with E-state index >= 15 is 0 Å². The first-order chi connectivity index (χ1) is 10.8. The number of hydrogen-bond acceptors (Lipinski definition) is 8. The zero-order chi connectivity index (χ0) is 17.1. The van der Waals surface area contributed by atoms with Crippen molar-refractivity contribution in [2.75, 3.05) is 6.54 Å². The normalized spacial score (nSPS) is 30.9. The highest BCUT2D eigenvalue weighted by Crippen LogP contribution is 2.31. The molecule has 9 nitrogen and oxygen atoms in total. The smallest absolute Gasteiger partial charge is 0.335 e. The van der Waals surface area contributed by atoms with E-state index in [2.05, 4.69) is 0 Å². The van der Waals surface area contributed by atoms with Crippen molar-refractivity contribution >= 4 is 5.97 Å². The molecule has 0 aromatic heterocycles. The van der Waals surface area contributed by atoms with E-state index in [0.29, 0.717) is 13.0 Å². The molecule has 7 N–H and O–H groups in total. The molecule has 0 bridgehead atoms. The molecule has 0 amide bonds. The Labute approximate surface area is 131 Å². The van der Waals surface area contributed by atoms with E-state index in [-0.39, 0.29) is 11.5 Å². The number of rotatable bonds is 5. The molecule has 1 aliphatic rings. The summed E-state index contributed by atoms with van der Waals surface area (Å²) in [5.74, 6) is -1.83. The molecule has 1 aromatic rings. The molecule has 128 valence electrons. The lowest BCUT2D eigenvalue weighted by molar-refractivity contribution is -0.271. The fraction of sp³-hybridized carbons (Fsp3) is 0.500. The summed E-state index contributed by atoms with van der Waals surface area (Å²) in [5, 5.41) is 48.0. The van der Waals surface area contributed by atoms with E-state index in [1.165, 1.54) is 12.1 Å². The van der Waals surface area contributed by atoms with Gasteiger partial charge in [0.2, 0.25) is 6.29 Å². The highest BCUT2D eigenvalue weighted by atomic mass is 16.7. The predicted octanol–water partition coefficient (Wildman–Crippen LogP) is -1.84. The summed E-state index contributed by atoms with van der Waals surface area (Å²) < 4.78 is 10.2. The molecule has 1 saturated heterocycles. The third kappa shape index (κ3) is 3.71. The average Bonchev–Trinajstić information content (AvgIpc) is 2.50. The summed E-state index contributed by atoms with van der Waals surface area (Å²) in [5.41, 5.74) is 6.18.